The number of aromatic nitrogens is 4. The fourth-order valence-electron chi connectivity index (χ4n) is 2.87. The van der Waals surface area contributed by atoms with Gasteiger partial charge in [0.2, 0.25) is 0 Å². The smallest absolute Gasteiger partial charge is 0.185 e. The van der Waals surface area contributed by atoms with Crippen molar-refractivity contribution < 1.29 is 4.79 Å². The molecular formula is C18H22N4O. The minimum absolute atomic E-state index is 0.155. The van der Waals surface area contributed by atoms with Gasteiger partial charge in [-0.1, -0.05) is 0 Å². The summed E-state index contributed by atoms with van der Waals surface area (Å²) < 4.78 is 3.66. The summed E-state index contributed by atoms with van der Waals surface area (Å²) in [4.78, 5) is 12.8. The molecule has 0 amide bonds. The fourth-order valence-corrected chi connectivity index (χ4v) is 2.87. The molecule has 0 N–H and O–H groups in total. The summed E-state index contributed by atoms with van der Waals surface area (Å²) in [5.41, 5.74) is 5.94. The van der Waals surface area contributed by atoms with Crippen molar-refractivity contribution >= 4 is 17.9 Å². The van der Waals surface area contributed by atoms with E-state index in [1.165, 1.54) is 0 Å². The molecule has 1 saturated carbocycles. The number of hydrogen-bond donors (Lipinski definition) is 0. The van der Waals surface area contributed by atoms with Crippen LogP contribution in [-0.4, -0.2) is 25.3 Å². The molecule has 1 aliphatic carbocycles. The van der Waals surface area contributed by atoms with Crippen molar-refractivity contribution in [2.45, 2.75) is 33.1 Å². The molecule has 0 atom stereocenters. The summed E-state index contributed by atoms with van der Waals surface area (Å²) in [6, 6.07) is 0. The lowest BCUT2D eigenvalue weighted by Crippen LogP contribution is -2.12. The van der Waals surface area contributed by atoms with Crippen molar-refractivity contribution in [2.24, 2.45) is 14.1 Å². The Morgan fingerprint density at radius 1 is 0.913 bits per heavy atom. The molecule has 2 aromatic rings. The molecule has 0 aliphatic heterocycles. The minimum Gasteiger partial charge on any atom is -0.289 e. The number of ketones is 1. The van der Waals surface area contributed by atoms with Gasteiger partial charge < -0.3 is 0 Å². The summed E-state index contributed by atoms with van der Waals surface area (Å²) in [5, 5.41) is 8.49. The average molecular weight is 310 g/mol. The van der Waals surface area contributed by atoms with Gasteiger partial charge in [0.05, 0.1) is 12.4 Å². The molecule has 2 aromatic heterocycles. The van der Waals surface area contributed by atoms with Gasteiger partial charge in [0, 0.05) is 47.8 Å². The first-order valence-electron chi connectivity index (χ1n) is 7.90. The second kappa shape index (κ2) is 5.99. The molecular weight excluding hydrogens is 288 g/mol. The number of nitrogens with zero attached hydrogens (tertiary/aromatic N) is 4. The van der Waals surface area contributed by atoms with E-state index in [4.69, 9.17) is 0 Å². The quantitative estimate of drug-likeness (QED) is 0.801. The molecule has 0 bridgehead atoms. The van der Waals surface area contributed by atoms with Gasteiger partial charge in [-0.05, 0) is 45.3 Å². The van der Waals surface area contributed by atoms with E-state index in [9.17, 15) is 4.79 Å². The zero-order valence-electron chi connectivity index (χ0n) is 14.1. The van der Waals surface area contributed by atoms with Crippen LogP contribution in [0.4, 0.5) is 0 Å². The van der Waals surface area contributed by atoms with Crippen LogP contribution in [0.25, 0.3) is 12.2 Å². The summed E-state index contributed by atoms with van der Waals surface area (Å²) in [5.74, 6) is 0.155. The maximum atomic E-state index is 12.8. The lowest BCUT2D eigenvalue weighted by molar-refractivity contribution is -0.112. The monoisotopic (exact) mass is 310 g/mol. The van der Waals surface area contributed by atoms with E-state index in [0.717, 1.165) is 52.9 Å². The molecule has 1 aliphatic rings. The van der Waals surface area contributed by atoms with Crippen LogP contribution in [0.15, 0.2) is 23.5 Å². The second-order valence-corrected chi connectivity index (χ2v) is 6.14. The van der Waals surface area contributed by atoms with E-state index in [1.807, 2.05) is 61.9 Å². The van der Waals surface area contributed by atoms with Gasteiger partial charge in [-0.15, -0.1) is 0 Å². The Morgan fingerprint density at radius 3 is 1.70 bits per heavy atom. The third kappa shape index (κ3) is 2.91. The van der Waals surface area contributed by atoms with Crippen LogP contribution < -0.4 is 0 Å². The molecule has 1 fully saturated rings. The number of carbonyl (C=O) groups is 1. The Bertz CT molecular complexity index is 754. The number of Topliss-reactive ketones (excluding diaryl/α,β-unsaturated/α-hetero) is 1. The highest BCUT2D eigenvalue weighted by Crippen LogP contribution is 2.28. The van der Waals surface area contributed by atoms with Gasteiger partial charge in [-0.2, -0.15) is 10.2 Å². The Morgan fingerprint density at radius 2 is 1.35 bits per heavy atom. The maximum absolute atomic E-state index is 12.8. The van der Waals surface area contributed by atoms with Gasteiger partial charge in [0.1, 0.15) is 0 Å². The summed E-state index contributed by atoms with van der Waals surface area (Å²) >= 11 is 0. The van der Waals surface area contributed by atoms with Gasteiger partial charge in [-0.3, -0.25) is 14.2 Å². The zero-order valence-corrected chi connectivity index (χ0v) is 14.1. The van der Waals surface area contributed by atoms with E-state index in [1.54, 1.807) is 0 Å². The standard InChI is InChI=1S/C18H22N4O/c1-12-16(10-19-21(12)3)8-14-6-5-7-15(18(14)23)9-17-11-20-22(4)13(17)2/h8-11H,5-7H2,1-4H3/b14-8-,15-9+. The Kier molecular flexibility index (Phi) is 4.03. The van der Waals surface area contributed by atoms with Crippen molar-refractivity contribution in [2.75, 3.05) is 0 Å². The minimum atomic E-state index is 0.155. The number of carbonyl (C=O) groups excluding carboxylic acids is 1. The molecule has 120 valence electrons. The van der Waals surface area contributed by atoms with Crippen LogP contribution in [0.3, 0.4) is 0 Å². The third-order valence-corrected chi connectivity index (χ3v) is 4.68. The number of hydrogen-bond acceptors (Lipinski definition) is 3. The molecule has 0 aromatic carbocycles. The Balaban J connectivity index is 1.92. The average Bonchev–Trinajstić information content (AvgIpc) is 3.01. The molecule has 0 radical (unpaired) electrons. The zero-order chi connectivity index (χ0) is 16.6. The lowest BCUT2D eigenvalue weighted by atomic mass is 9.87. The van der Waals surface area contributed by atoms with Crippen LogP contribution in [0.1, 0.15) is 41.8 Å². The molecule has 3 rings (SSSR count). The first-order chi connectivity index (χ1) is 11.0. The number of rotatable bonds is 2. The van der Waals surface area contributed by atoms with Gasteiger partial charge >= 0.3 is 0 Å². The Hall–Kier alpha value is -2.43. The molecule has 0 saturated heterocycles. The maximum Gasteiger partial charge on any atom is 0.185 e. The number of aryl methyl sites for hydroxylation is 2. The van der Waals surface area contributed by atoms with E-state index in [-0.39, 0.29) is 5.78 Å². The third-order valence-electron chi connectivity index (χ3n) is 4.68. The van der Waals surface area contributed by atoms with Crippen molar-refractivity contribution in [3.8, 4) is 0 Å². The number of allylic oxidation sites excluding steroid dienone is 2. The first kappa shape index (κ1) is 15.5. The van der Waals surface area contributed by atoms with Gasteiger partial charge in [-0.25, -0.2) is 0 Å². The molecule has 0 spiro atoms. The normalized spacial score (nSPS) is 19.0. The molecule has 5 nitrogen and oxygen atoms in total. The SMILES string of the molecule is Cc1c(/C=C2/CCC/C(=C\c3cnn(C)c3C)C2=O)cnn1C. The predicted molar refractivity (Wildman–Crippen MR) is 90.7 cm³/mol. The summed E-state index contributed by atoms with van der Waals surface area (Å²) in [6.45, 7) is 4.03. The Labute approximate surface area is 136 Å². The van der Waals surface area contributed by atoms with Gasteiger partial charge in [0.15, 0.2) is 5.78 Å². The van der Waals surface area contributed by atoms with Crippen LogP contribution >= 0.6 is 0 Å². The van der Waals surface area contributed by atoms with Crippen LogP contribution in [0, 0.1) is 13.8 Å². The molecule has 5 heteroatoms. The van der Waals surface area contributed by atoms with E-state index in [0.29, 0.717) is 0 Å². The first-order valence-corrected chi connectivity index (χ1v) is 7.90. The molecule has 23 heavy (non-hydrogen) atoms. The topological polar surface area (TPSA) is 52.7 Å². The largest absolute Gasteiger partial charge is 0.289 e. The molecule has 2 heterocycles. The molecule has 0 unspecified atom stereocenters. The van der Waals surface area contributed by atoms with E-state index >= 15 is 0 Å². The van der Waals surface area contributed by atoms with Crippen LogP contribution in [0.2, 0.25) is 0 Å². The van der Waals surface area contributed by atoms with E-state index < -0.39 is 0 Å². The van der Waals surface area contributed by atoms with Crippen molar-refractivity contribution in [1.29, 1.82) is 0 Å². The van der Waals surface area contributed by atoms with Crippen molar-refractivity contribution in [3.63, 3.8) is 0 Å². The predicted octanol–water partition coefficient (Wildman–Crippen LogP) is 2.99. The van der Waals surface area contributed by atoms with Crippen LogP contribution in [0.5, 0.6) is 0 Å². The van der Waals surface area contributed by atoms with Crippen molar-refractivity contribution in [3.05, 3.63) is 46.1 Å². The highest BCUT2D eigenvalue weighted by atomic mass is 16.1. The second-order valence-electron chi connectivity index (χ2n) is 6.14. The van der Waals surface area contributed by atoms with E-state index in [2.05, 4.69) is 10.2 Å². The van der Waals surface area contributed by atoms with Crippen molar-refractivity contribution in [1.82, 2.24) is 19.6 Å². The summed E-state index contributed by atoms with van der Waals surface area (Å²) in [6.07, 6.45) is 10.3. The highest BCUT2D eigenvalue weighted by molar-refractivity contribution is 6.14. The lowest BCUT2D eigenvalue weighted by Gasteiger charge is -2.16. The van der Waals surface area contributed by atoms with Crippen LogP contribution in [-0.2, 0) is 18.9 Å². The summed E-state index contributed by atoms with van der Waals surface area (Å²) in [7, 11) is 3.83. The fraction of sp³-hybridized carbons (Fsp3) is 0.389. The van der Waals surface area contributed by atoms with Gasteiger partial charge in [0.25, 0.3) is 0 Å². The highest BCUT2D eigenvalue weighted by Gasteiger charge is 2.21.